The lowest BCUT2D eigenvalue weighted by molar-refractivity contribution is -0.325. The van der Waals surface area contributed by atoms with E-state index in [1.165, 1.54) is 0 Å². The summed E-state index contributed by atoms with van der Waals surface area (Å²) in [6.07, 6.45) is -3.40. The molecular formula is C7H12F3NO. The minimum absolute atomic E-state index is 0.256. The molecule has 2 nitrogen and oxygen atoms in total. The molecule has 1 unspecified atom stereocenters. The quantitative estimate of drug-likeness (QED) is 0.659. The summed E-state index contributed by atoms with van der Waals surface area (Å²) < 4.78 is 38.1. The third-order valence-corrected chi connectivity index (χ3v) is 2.10. The normalized spacial score (nSPS) is 25.5. The molecule has 0 amide bonds. The van der Waals surface area contributed by atoms with E-state index in [1.807, 2.05) is 11.8 Å². The molecule has 0 aromatic carbocycles. The van der Waals surface area contributed by atoms with Crippen molar-refractivity contribution in [3.05, 3.63) is 0 Å². The van der Waals surface area contributed by atoms with E-state index in [0.29, 0.717) is 12.6 Å². The van der Waals surface area contributed by atoms with E-state index < -0.39 is 6.36 Å². The van der Waals surface area contributed by atoms with Crippen LogP contribution < -0.4 is 0 Å². The molecule has 1 atom stereocenters. The van der Waals surface area contributed by atoms with Crippen LogP contribution >= 0.6 is 0 Å². The molecule has 72 valence electrons. The maximum atomic E-state index is 11.5. The van der Waals surface area contributed by atoms with Gasteiger partial charge in [-0.05, 0) is 19.9 Å². The van der Waals surface area contributed by atoms with Gasteiger partial charge in [-0.3, -0.25) is 9.64 Å². The van der Waals surface area contributed by atoms with Crippen LogP contribution in [0.5, 0.6) is 0 Å². The zero-order valence-electron chi connectivity index (χ0n) is 6.90. The van der Waals surface area contributed by atoms with Crippen LogP contribution in [0.1, 0.15) is 13.3 Å². The van der Waals surface area contributed by atoms with Crippen LogP contribution in [0, 0.1) is 0 Å². The van der Waals surface area contributed by atoms with Crippen LogP contribution in [0.15, 0.2) is 0 Å². The van der Waals surface area contributed by atoms with Gasteiger partial charge in [0.15, 0.2) is 0 Å². The first-order valence-corrected chi connectivity index (χ1v) is 3.94. The Balaban J connectivity index is 2.03. The summed E-state index contributed by atoms with van der Waals surface area (Å²) in [7, 11) is 0. The molecule has 12 heavy (non-hydrogen) atoms. The molecule has 0 bridgehead atoms. The molecule has 1 rings (SSSR count). The highest BCUT2D eigenvalue weighted by molar-refractivity contribution is 4.77. The van der Waals surface area contributed by atoms with Gasteiger partial charge in [0.25, 0.3) is 0 Å². The van der Waals surface area contributed by atoms with E-state index in [9.17, 15) is 13.2 Å². The lowest BCUT2D eigenvalue weighted by Gasteiger charge is -2.38. The average Bonchev–Trinajstić information content (AvgIpc) is 1.93. The Hall–Kier alpha value is -0.290. The van der Waals surface area contributed by atoms with Crippen molar-refractivity contribution in [3.8, 4) is 0 Å². The van der Waals surface area contributed by atoms with Gasteiger partial charge in [-0.25, -0.2) is 0 Å². The molecule has 0 saturated carbocycles. The molecule has 1 aliphatic heterocycles. The first-order valence-electron chi connectivity index (χ1n) is 3.94. The van der Waals surface area contributed by atoms with Crippen LogP contribution in [0.2, 0.25) is 0 Å². The minimum Gasteiger partial charge on any atom is -0.298 e. The van der Waals surface area contributed by atoms with Crippen molar-refractivity contribution in [2.75, 3.05) is 19.7 Å². The van der Waals surface area contributed by atoms with Crippen molar-refractivity contribution in [1.29, 1.82) is 0 Å². The van der Waals surface area contributed by atoms with Gasteiger partial charge in [0.1, 0.15) is 0 Å². The molecule has 1 saturated heterocycles. The van der Waals surface area contributed by atoms with E-state index >= 15 is 0 Å². The third-order valence-electron chi connectivity index (χ3n) is 2.10. The van der Waals surface area contributed by atoms with E-state index in [0.717, 1.165) is 13.0 Å². The number of rotatable bonds is 3. The molecule has 0 spiro atoms. The Bertz CT molecular complexity index is 148. The number of halogens is 3. The summed E-state index contributed by atoms with van der Waals surface area (Å²) in [6, 6.07) is 0.418. The standard InChI is InChI=1S/C7H12F3NO/c1-6-2-3-11(6)4-5-12-7(8,9)10/h6H,2-5H2,1H3. The molecule has 0 radical (unpaired) electrons. The highest BCUT2D eigenvalue weighted by atomic mass is 19.4. The fraction of sp³-hybridized carbons (Fsp3) is 1.00. The fourth-order valence-electron chi connectivity index (χ4n) is 1.18. The molecule has 1 fully saturated rings. The van der Waals surface area contributed by atoms with Crippen LogP contribution in [-0.4, -0.2) is 37.0 Å². The first-order chi connectivity index (χ1) is 5.49. The molecule has 0 aliphatic carbocycles. The summed E-state index contributed by atoms with van der Waals surface area (Å²) in [4.78, 5) is 1.96. The van der Waals surface area contributed by atoms with Crippen LogP contribution in [-0.2, 0) is 4.74 Å². The number of alkyl halides is 3. The van der Waals surface area contributed by atoms with Gasteiger partial charge in [-0.2, -0.15) is 0 Å². The predicted octanol–water partition coefficient (Wildman–Crippen LogP) is 1.62. The smallest absolute Gasteiger partial charge is 0.298 e. The SMILES string of the molecule is CC1CCN1CCOC(F)(F)F. The number of likely N-dealkylation sites (tertiary alicyclic amines) is 1. The first kappa shape index (κ1) is 9.80. The molecule has 1 aliphatic rings. The van der Waals surface area contributed by atoms with Crippen molar-refractivity contribution < 1.29 is 17.9 Å². The number of hydrogen-bond acceptors (Lipinski definition) is 2. The van der Waals surface area contributed by atoms with Gasteiger partial charge in [-0.15, -0.1) is 13.2 Å². The number of hydrogen-bond donors (Lipinski definition) is 0. The number of nitrogens with zero attached hydrogens (tertiary/aromatic N) is 1. The maximum absolute atomic E-state index is 11.5. The molecule has 1 heterocycles. The minimum atomic E-state index is -4.48. The van der Waals surface area contributed by atoms with E-state index in [1.54, 1.807) is 0 Å². The highest BCUT2D eigenvalue weighted by Crippen LogP contribution is 2.18. The van der Waals surface area contributed by atoms with Crippen LogP contribution in [0.3, 0.4) is 0 Å². The van der Waals surface area contributed by atoms with Crippen molar-refractivity contribution in [2.45, 2.75) is 25.7 Å². The van der Waals surface area contributed by atoms with Crippen molar-refractivity contribution in [1.82, 2.24) is 4.90 Å². The Morgan fingerprint density at radius 1 is 1.50 bits per heavy atom. The lowest BCUT2D eigenvalue weighted by Crippen LogP contribution is -2.47. The second-order valence-electron chi connectivity index (χ2n) is 2.97. The second kappa shape index (κ2) is 3.62. The van der Waals surface area contributed by atoms with E-state index in [2.05, 4.69) is 4.74 Å². The summed E-state index contributed by atoms with van der Waals surface area (Å²) in [5, 5.41) is 0. The van der Waals surface area contributed by atoms with Gasteiger partial charge in [-0.1, -0.05) is 0 Å². The van der Waals surface area contributed by atoms with Gasteiger partial charge in [0.2, 0.25) is 0 Å². The Morgan fingerprint density at radius 3 is 2.50 bits per heavy atom. The molecular weight excluding hydrogens is 171 g/mol. The van der Waals surface area contributed by atoms with Gasteiger partial charge in [0, 0.05) is 12.6 Å². The van der Waals surface area contributed by atoms with E-state index in [4.69, 9.17) is 0 Å². The van der Waals surface area contributed by atoms with Crippen molar-refractivity contribution in [2.24, 2.45) is 0 Å². The molecule has 5 heteroatoms. The summed E-state index contributed by atoms with van der Waals surface area (Å²) in [6.45, 7) is 3.01. The van der Waals surface area contributed by atoms with Crippen LogP contribution in [0.25, 0.3) is 0 Å². The average molecular weight is 183 g/mol. The lowest BCUT2D eigenvalue weighted by atomic mass is 10.1. The summed E-state index contributed by atoms with van der Waals surface area (Å²) in [5.41, 5.74) is 0. The van der Waals surface area contributed by atoms with Crippen molar-refractivity contribution >= 4 is 0 Å². The van der Waals surface area contributed by atoms with E-state index in [-0.39, 0.29) is 6.61 Å². The highest BCUT2D eigenvalue weighted by Gasteiger charge is 2.30. The number of ether oxygens (including phenoxy) is 1. The summed E-state index contributed by atoms with van der Waals surface area (Å²) in [5.74, 6) is 0. The third kappa shape index (κ3) is 2.98. The van der Waals surface area contributed by atoms with Gasteiger partial charge >= 0.3 is 6.36 Å². The monoisotopic (exact) mass is 183 g/mol. The topological polar surface area (TPSA) is 12.5 Å². The fourth-order valence-corrected chi connectivity index (χ4v) is 1.18. The molecule has 0 N–H and O–H groups in total. The van der Waals surface area contributed by atoms with Crippen LogP contribution in [0.4, 0.5) is 13.2 Å². The Labute approximate surface area is 69.3 Å². The Morgan fingerprint density at radius 2 is 2.17 bits per heavy atom. The molecule has 0 aromatic heterocycles. The Kier molecular flexibility index (Phi) is 2.95. The zero-order chi connectivity index (χ0) is 9.19. The van der Waals surface area contributed by atoms with Gasteiger partial charge < -0.3 is 0 Å². The summed E-state index contributed by atoms with van der Waals surface area (Å²) >= 11 is 0. The van der Waals surface area contributed by atoms with Crippen molar-refractivity contribution in [3.63, 3.8) is 0 Å². The largest absolute Gasteiger partial charge is 0.522 e. The zero-order valence-corrected chi connectivity index (χ0v) is 6.90. The molecule has 0 aromatic rings. The predicted molar refractivity (Wildman–Crippen MR) is 37.7 cm³/mol. The second-order valence-corrected chi connectivity index (χ2v) is 2.97. The maximum Gasteiger partial charge on any atom is 0.522 e. The van der Waals surface area contributed by atoms with Gasteiger partial charge in [0.05, 0.1) is 6.61 Å².